The van der Waals surface area contributed by atoms with Crippen molar-refractivity contribution in [2.24, 2.45) is 5.73 Å². The van der Waals surface area contributed by atoms with Gasteiger partial charge in [-0.15, -0.1) is 0 Å². The zero-order valence-electron chi connectivity index (χ0n) is 10.3. The van der Waals surface area contributed by atoms with E-state index in [9.17, 15) is 4.39 Å². The molecule has 2 unspecified atom stereocenters. The molecular weight excluding hydrogens is 219 g/mol. The predicted molar refractivity (Wildman–Crippen MR) is 67.0 cm³/mol. The van der Waals surface area contributed by atoms with Gasteiger partial charge in [0.05, 0.1) is 12.2 Å². The SMILES string of the molecule is CCC1CN(C(C)CN)c2cc(F)ccc2O1. The van der Waals surface area contributed by atoms with Crippen molar-refractivity contribution in [3.05, 3.63) is 24.0 Å². The Morgan fingerprint density at radius 3 is 3.00 bits per heavy atom. The summed E-state index contributed by atoms with van der Waals surface area (Å²) in [6.45, 7) is 5.45. The van der Waals surface area contributed by atoms with Gasteiger partial charge in [0.1, 0.15) is 17.7 Å². The predicted octanol–water partition coefficient (Wildman–Crippen LogP) is 2.15. The number of hydrogen-bond acceptors (Lipinski definition) is 3. The quantitative estimate of drug-likeness (QED) is 0.877. The third kappa shape index (κ3) is 2.36. The highest BCUT2D eigenvalue weighted by Gasteiger charge is 2.27. The molecule has 2 rings (SSSR count). The van der Waals surface area contributed by atoms with Crippen LogP contribution in [0.5, 0.6) is 5.75 Å². The lowest BCUT2D eigenvalue weighted by Gasteiger charge is -2.39. The standard InChI is InChI=1S/C13H19FN2O/c1-3-11-8-16(9(2)7-15)12-6-10(14)4-5-13(12)17-11/h4-6,9,11H,3,7-8,15H2,1-2H3. The molecule has 0 aromatic heterocycles. The molecule has 0 bridgehead atoms. The molecule has 2 N–H and O–H groups in total. The Hall–Kier alpha value is -1.29. The lowest BCUT2D eigenvalue weighted by molar-refractivity contribution is 0.185. The van der Waals surface area contributed by atoms with E-state index in [0.29, 0.717) is 6.54 Å². The average Bonchev–Trinajstić information content (AvgIpc) is 2.36. The van der Waals surface area contributed by atoms with E-state index in [1.54, 1.807) is 6.07 Å². The normalized spacial score (nSPS) is 20.7. The lowest BCUT2D eigenvalue weighted by Crippen LogP contribution is -2.47. The second kappa shape index (κ2) is 4.92. The summed E-state index contributed by atoms with van der Waals surface area (Å²) in [6.07, 6.45) is 1.09. The lowest BCUT2D eigenvalue weighted by atomic mass is 10.1. The van der Waals surface area contributed by atoms with E-state index in [1.807, 2.05) is 6.92 Å². The third-order valence-corrected chi connectivity index (χ3v) is 3.25. The van der Waals surface area contributed by atoms with Gasteiger partial charge in [0.2, 0.25) is 0 Å². The zero-order valence-corrected chi connectivity index (χ0v) is 10.3. The molecule has 1 aliphatic heterocycles. The van der Waals surface area contributed by atoms with Gasteiger partial charge in [-0.1, -0.05) is 6.92 Å². The summed E-state index contributed by atoms with van der Waals surface area (Å²) >= 11 is 0. The number of fused-ring (bicyclic) bond motifs is 1. The molecule has 0 amide bonds. The van der Waals surface area contributed by atoms with Gasteiger partial charge in [-0.2, -0.15) is 0 Å². The molecule has 0 radical (unpaired) electrons. The summed E-state index contributed by atoms with van der Waals surface area (Å²) < 4.78 is 19.1. The highest BCUT2D eigenvalue weighted by atomic mass is 19.1. The van der Waals surface area contributed by atoms with Gasteiger partial charge in [0.25, 0.3) is 0 Å². The van der Waals surface area contributed by atoms with E-state index in [0.717, 1.165) is 24.4 Å². The molecule has 1 aromatic carbocycles. The van der Waals surface area contributed by atoms with Crippen LogP contribution in [0, 0.1) is 5.82 Å². The van der Waals surface area contributed by atoms with Gasteiger partial charge < -0.3 is 15.4 Å². The van der Waals surface area contributed by atoms with Crippen molar-refractivity contribution >= 4 is 5.69 Å². The van der Waals surface area contributed by atoms with E-state index < -0.39 is 0 Å². The Labute approximate surface area is 101 Å². The Kier molecular flexibility index (Phi) is 3.52. The van der Waals surface area contributed by atoms with Crippen molar-refractivity contribution in [1.29, 1.82) is 0 Å². The minimum atomic E-state index is -0.239. The number of nitrogens with zero attached hydrogens (tertiary/aromatic N) is 1. The first-order valence-corrected chi connectivity index (χ1v) is 6.08. The molecule has 1 aromatic rings. The smallest absolute Gasteiger partial charge is 0.143 e. The summed E-state index contributed by atoms with van der Waals surface area (Å²) in [5.41, 5.74) is 6.52. The summed E-state index contributed by atoms with van der Waals surface area (Å²) in [6, 6.07) is 4.84. The van der Waals surface area contributed by atoms with Crippen molar-refractivity contribution in [3.8, 4) is 5.75 Å². The molecule has 2 atom stereocenters. The van der Waals surface area contributed by atoms with E-state index in [2.05, 4.69) is 11.8 Å². The first kappa shape index (κ1) is 12.2. The van der Waals surface area contributed by atoms with Gasteiger partial charge in [0, 0.05) is 18.7 Å². The molecule has 17 heavy (non-hydrogen) atoms. The molecule has 1 aliphatic rings. The molecule has 0 saturated heterocycles. The Morgan fingerprint density at radius 1 is 1.59 bits per heavy atom. The second-order valence-corrected chi connectivity index (χ2v) is 4.50. The molecule has 0 spiro atoms. The van der Waals surface area contributed by atoms with Gasteiger partial charge in [-0.05, 0) is 25.5 Å². The number of anilines is 1. The fourth-order valence-electron chi connectivity index (χ4n) is 2.11. The van der Waals surface area contributed by atoms with Crippen molar-refractivity contribution in [1.82, 2.24) is 0 Å². The highest BCUT2D eigenvalue weighted by Crippen LogP contribution is 2.35. The molecule has 94 valence electrons. The van der Waals surface area contributed by atoms with Crippen LogP contribution in [0.2, 0.25) is 0 Å². The Balaban J connectivity index is 2.37. The van der Waals surface area contributed by atoms with Crippen LogP contribution in [0.15, 0.2) is 18.2 Å². The number of hydrogen-bond donors (Lipinski definition) is 1. The molecule has 0 fully saturated rings. The van der Waals surface area contributed by atoms with Crippen molar-refractivity contribution in [2.45, 2.75) is 32.4 Å². The maximum Gasteiger partial charge on any atom is 0.143 e. The average molecular weight is 238 g/mol. The fraction of sp³-hybridized carbons (Fsp3) is 0.538. The molecule has 0 saturated carbocycles. The number of ether oxygens (including phenoxy) is 1. The summed E-state index contributed by atoms with van der Waals surface area (Å²) in [5, 5.41) is 0. The van der Waals surface area contributed by atoms with E-state index in [1.165, 1.54) is 12.1 Å². The largest absolute Gasteiger partial charge is 0.486 e. The molecule has 3 nitrogen and oxygen atoms in total. The molecule has 1 heterocycles. The molecule has 4 heteroatoms. The Bertz CT molecular complexity index is 397. The topological polar surface area (TPSA) is 38.5 Å². The molecule has 0 aliphatic carbocycles. The van der Waals surface area contributed by atoms with E-state index in [-0.39, 0.29) is 18.0 Å². The van der Waals surface area contributed by atoms with Crippen LogP contribution in [0.25, 0.3) is 0 Å². The van der Waals surface area contributed by atoms with Crippen molar-refractivity contribution < 1.29 is 9.13 Å². The van der Waals surface area contributed by atoms with E-state index in [4.69, 9.17) is 10.5 Å². The number of halogens is 1. The zero-order chi connectivity index (χ0) is 12.4. The first-order chi connectivity index (χ1) is 8.15. The fourth-order valence-corrected chi connectivity index (χ4v) is 2.11. The highest BCUT2D eigenvalue weighted by molar-refractivity contribution is 5.61. The Morgan fingerprint density at radius 2 is 2.35 bits per heavy atom. The number of rotatable bonds is 3. The van der Waals surface area contributed by atoms with Crippen LogP contribution in [0.1, 0.15) is 20.3 Å². The van der Waals surface area contributed by atoms with Crippen LogP contribution in [-0.4, -0.2) is 25.2 Å². The minimum absolute atomic E-state index is 0.155. The van der Waals surface area contributed by atoms with Crippen molar-refractivity contribution in [2.75, 3.05) is 18.0 Å². The van der Waals surface area contributed by atoms with E-state index >= 15 is 0 Å². The maximum absolute atomic E-state index is 13.3. The summed E-state index contributed by atoms with van der Waals surface area (Å²) in [5.74, 6) is 0.515. The van der Waals surface area contributed by atoms with Crippen LogP contribution >= 0.6 is 0 Å². The minimum Gasteiger partial charge on any atom is -0.486 e. The van der Waals surface area contributed by atoms with Crippen molar-refractivity contribution in [3.63, 3.8) is 0 Å². The van der Waals surface area contributed by atoms with Crippen LogP contribution in [0.3, 0.4) is 0 Å². The van der Waals surface area contributed by atoms with Gasteiger partial charge in [-0.25, -0.2) is 4.39 Å². The van der Waals surface area contributed by atoms with Crippen LogP contribution < -0.4 is 15.4 Å². The van der Waals surface area contributed by atoms with Crippen LogP contribution in [-0.2, 0) is 0 Å². The number of benzene rings is 1. The third-order valence-electron chi connectivity index (χ3n) is 3.25. The molecular formula is C13H19FN2O. The van der Waals surface area contributed by atoms with Gasteiger partial charge in [0.15, 0.2) is 0 Å². The van der Waals surface area contributed by atoms with Gasteiger partial charge >= 0.3 is 0 Å². The first-order valence-electron chi connectivity index (χ1n) is 6.08. The maximum atomic E-state index is 13.3. The van der Waals surface area contributed by atoms with Gasteiger partial charge in [-0.3, -0.25) is 0 Å². The number of nitrogens with two attached hydrogens (primary N) is 1. The second-order valence-electron chi connectivity index (χ2n) is 4.50. The summed E-state index contributed by atoms with van der Waals surface area (Å²) in [4.78, 5) is 2.13. The van der Waals surface area contributed by atoms with Crippen LogP contribution in [0.4, 0.5) is 10.1 Å². The summed E-state index contributed by atoms with van der Waals surface area (Å²) in [7, 11) is 0. The monoisotopic (exact) mass is 238 g/mol.